The van der Waals surface area contributed by atoms with Crippen molar-refractivity contribution in [3.63, 3.8) is 0 Å². The second kappa shape index (κ2) is 5.11. The van der Waals surface area contributed by atoms with Crippen molar-refractivity contribution in [1.82, 2.24) is 0 Å². The lowest BCUT2D eigenvalue weighted by Crippen LogP contribution is -2.19. The summed E-state index contributed by atoms with van der Waals surface area (Å²) in [6, 6.07) is 13.3. The van der Waals surface area contributed by atoms with Gasteiger partial charge >= 0.3 is 6.03 Å². The van der Waals surface area contributed by atoms with Crippen LogP contribution < -0.4 is 11.1 Å². The molecular weight excluding hydrogens is 264 g/mol. The number of rotatable bonds is 3. The van der Waals surface area contributed by atoms with Crippen LogP contribution in [-0.2, 0) is 9.84 Å². The molecule has 0 heterocycles. The molecule has 2 aromatic rings. The minimum absolute atomic E-state index is 0.161. The lowest BCUT2D eigenvalue weighted by atomic mass is 10.3. The number of carbonyl (C=O) groups is 1. The van der Waals surface area contributed by atoms with Crippen molar-refractivity contribution in [2.45, 2.75) is 9.79 Å². The van der Waals surface area contributed by atoms with Crippen molar-refractivity contribution in [2.24, 2.45) is 5.73 Å². The van der Waals surface area contributed by atoms with E-state index in [9.17, 15) is 13.2 Å². The molecule has 98 valence electrons. The number of primary amides is 1. The average Bonchev–Trinajstić information content (AvgIpc) is 2.40. The molecule has 2 aromatic carbocycles. The van der Waals surface area contributed by atoms with E-state index in [4.69, 9.17) is 5.73 Å². The van der Waals surface area contributed by atoms with Gasteiger partial charge in [-0.3, -0.25) is 0 Å². The third-order valence-corrected chi connectivity index (χ3v) is 4.27. The number of urea groups is 1. The number of amides is 2. The van der Waals surface area contributed by atoms with Crippen molar-refractivity contribution in [2.75, 3.05) is 5.32 Å². The fourth-order valence-electron chi connectivity index (χ4n) is 1.60. The maximum absolute atomic E-state index is 12.3. The van der Waals surface area contributed by atoms with E-state index in [-0.39, 0.29) is 9.79 Å². The van der Waals surface area contributed by atoms with Gasteiger partial charge in [-0.1, -0.05) is 18.2 Å². The van der Waals surface area contributed by atoms with E-state index in [0.29, 0.717) is 5.69 Å². The molecule has 3 N–H and O–H groups in total. The van der Waals surface area contributed by atoms with E-state index in [1.807, 2.05) is 0 Å². The Labute approximate surface area is 111 Å². The lowest BCUT2D eigenvalue weighted by Gasteiger charge is -2.06. The molecule has 2 amide bonds. The Morgan fingerprint density at radius 1 is 0.895 bits per heavy atom. The van der Waals surface area contributed by atoms with Gasteiger partial charge in [-0.05, 0) is 36.4 Å². The van der Waals surface area contributed by atoms with Crippen molar-refractivity contribution < 1.29 is 13.2 Å². The summed E-state index contributed by atoms with van der Waals surface area (Å²) in [5, 5.41) is 2.37. The van der Waals surface area contributed by atoms with Gasteiger partial charge < -0.3 is 11.1 Å². The van der Waals surface area contributed by atoms with E-state index in [1.165, 1.54) is 36.4 Å². The molecule has 5 nitrogen and oxygen atoms in total. The normalized spacial score (nSPS) is 10.9. The minimum Gasteiger partial charge on any atom is -0.351 e. The maximum Gasteiger partial charge on any atom is 0.316 e. The average molecular weight is 276 g/mol. The summed E-state index contributed by atoms with van der Waals surface area (Å²) in [4.78, 5) is 11.1. The molecule has 6 heteroatoms. The Bertz CT molecular complexity index is 680. The van der Waals surface area contributed by atoms with Crippen molar-refractivity contribution in [3.05, 3.63) is 54.6 Å². The third kappa shape index (κ3) is 2.92. The van der Waals surface area contributed by atoms with Gasteiger partial charge in [-0.25, -0.2) is 13.2 Å². The van der Waals surface area contributed by atoms with Gasteiger partial charge in [0, 0.05) is 5.69 Å². The Morgan fingerprint density at radius 2 is 1.42 bits per heavy atom. The van der Waals surface area contributed by atoms with Gasteiger partial charge in [0.15, 0.2) is 0 Å². The van der Waals surface area contributed by atoms with E-state index in [2.05, 4.69) is 5.32 Å². The molecule has 19 heavy (non-hydrogen) atoms. The summed E-state index contributed by atoms with van der Waals surface area (Å²) in [5.41, 5.74) is 5.42. The van der Waals surface area contributed by atoms with Crippen LogP contribution in [0.1, 0.15) is 0 Å². The molecule has 0 aliphatic heterocycles. The highest BCUT2D eigenvalue weighted by molar-refractivity contribution is 7.91. The summed E-state index contributed by atoms with van der Waals surface area (Å²) in [6.07, 6.45) is 0. The number of hydrogen-bond donors (Lipinski definition) is 2. The summed E-state index contributed by atoms with van der Waals surface area (Å²) in [7, 11) is -3.53. The minimum atomic E-state index is -3.53. The Balaban J connectivity index is 2.35. The summed E-state index contributed by atoms with van der Waals surface area (Å²) in [6.45, 7) is 0. The van der Waals surface area contributed by atoms with Crippen LogP contribution in [0.5, 0.6) is 0 Å². The predicted molar refractivity (Wildman–Crippen MR) is 71.5 cm³/mol. The van der Waals surface area contributed by atoms with Crippen molar-refractivity contribution in [1.29, 1.82) is 0 Å². The summed E-state index contributed by atoms with van der Waals surface area (Å²) in [5.74, 6) is 0. The van der Waals surface area contributed by atoms with Crippen molar-refractivity contribution >= 4 is 21.6 Å². The first kappa shape index (κ1) is 13.1. The number of anilines is 1. The molecule has 0 atom stereocenters. The third-order valence-electron chi connectivity index (χ3n) is 2.49. The molecule has 0 unspecified atom stereocenters. The number of benzene rings is 2. The van der Waals surface area contributed by atoms with Crippen LogP contribution >= 0.6 is 0 Å². The number of sulfone groups is 1. The Hall–Kier alpha value is -2.34. The number of carbonyl (C=O) groups excluding carboxylic acids is 1. The molecule has 0 radical (unpaired) electrons. The van der Waals surface area contributed by atoms with Crippen LogP contribution in [0, 0.1) is 0 Å². The van der Waals surface area contributed by atoms with Gasteiger partial charge in [0.05, 0.1) is 9.79 Å². The monoisotopic (exact) mass is 276 g/mol. The molecule has 0 saturated heterocycles. The molecule has 0 bridgehead atoms. The quantitative estimate of drug-likeness (QED) is 0.898. The molecular formula is C13H12N2O3S. The topological polar surface area (TPSA) is 89.3 Å². The van der Waals surface area contributed by atoms with Crippen LogP contribution in [0.15, 0.2) is 64.4 Å². The molecule has 0 aliphatic rings. The van der Waals surface area contributed by atoms with E-state index in [0.717, 1.165) is 0 Å². The molecule has 0 saturated carbocycles. The first-order valence-electron chi connectivity index (χ1n) is 5.47. The zero-order chi connectivity index (χ0) is 13.9. The van der Waals surface area contributed by atoms with Gasteiger partial charge in [0.2, 0.25) is 9.84 Å². The molecule has 0 aromatic heterocycles. The lowest BCUT2D eigenvalue weighted by molar-refractivity contribution is 0.259. The van der Waals surface area contributed by atoms with Crippen LogP contribution in [0.3, 0.4) is 0 Å². The highest BCUT2D eigenvalue weighted by Gasteiger charge is 2.16. The second-order valence-electron chi connectivity index (χ2n) is 3.83. The number of hydrogen-bond acceptors (Lipinski definition) is 3. The van der Waals surface area contributed by atoms with Gasteiger partial charge in [-0.2, -0.15) is 0 Å². The molecule has 0 fully saturated rings. The van der Waals surface area contributed by atoms with E-state index >= 15 is 0 Å². The Kier molecular flexibility index (Phi) is 3.52. The highest BCUT2D eigenvalue weighted by atomic mass is 32.2. The van der Waals surface area contributed by atoms with Crippen LogP contribution in [0.4, 0.5) is 10.5 Å². The molecule has 0 aliphatic carbocycles. The first-order valence-corrected chi connectivity index (χ1v) is 6.95. The second-order valence-corrected chi connectivity index (χ2v) is 5.78. The van der Waals surface area contributed by atoms with Crippen LogP contribution in [0.25, 0.3) is 0 Å². The SMILES string of the molecule is NC(=O)Nc1ccc(S(=O)(=O)c2ccccc2)cc1. The number of nitrogens with two attached hydrogens (primary N) is 1. The highest BCUT2D eigenvalue weighted by Crippen LogP contribution is 2.21. The predicted octanol–water partition coefficient (Wildman–Crippen LogP) is 2.01. The van der Waals surface area contributed by atoms with Crippen LogP contribution in [-0.4, -0.2) is 14.4 Å². The molecule has 0 spiro atoms. The van der Waals surface area contributed by atoms with Gasteiger partial charge in [0.1, 0.15) is 0 Å². The fourth-order valence-corrected chi connectivity index (χ4v) is 2.88. The summed E-state index contributed by atoms with van der Waals surface area (Å²) < 4.78 is 24.5. The van der Waals surface area contributed by atoms with Gasteiger partial charge in [0.25, 0.3) is 0 Å². The largest absolute Gasteiger partial charge is 0.351 e. The summed E-state index contributed by atoms with van der Waals surface area (Å²) >= 11 is 0. The van der Waals surface area contributed by atoms with E-state index < -0.39 is 15.9 Å². The number of nitrogens with one attached hydrogen (secondary N) is 1. The van der Waals surface area contributed by atoms with Gasteiger partial charge in [-0.15, -0.1) is 0 Å². The standard InChI is InChI=1S/C13H12N2O3S/c14-13(16)15-10-6-8-12(9-7-10)19(17,18)11-4-2-1-3-5-11/h1-9H,(H3,14,15,16). The van der Waals surface area contributed by atoms with Crippen molar-refractivity contribution in [3.8, 4) is 0 Å². The molecule has 2 rings (SSSR count). The fraction of sp³-hybridized carbons (Fsp3) is 0. The zero-order valence-corrected chi connectivity index (χ0v) is 10.7. The smallest absolute Gasteiger partial charge is 0.316 e. The van der Waals surface area contributed by atoms with E-state index in [1.54, 1.807) is 18.2 Å². The van der Waals surface area contributed by atoms with Crippen LogP contribution in [0.2, 0.25) is 0 Å². The first-order chi connectivity index (χ1) is 9.00. The Morgan fingerprint density at radius 3 is 1.95 bits per heavy atom. The zero-order valence-electron chi connectivity index (χ0n) is 9.91. The maximum atomic E-state index is 12.3.